The minimum Gasteiger partial charge on any atom is -0.316 e. The van der Waals surface area contributed by atoms with E-state index in [9.17, 15) is 4.39 Å². The van der Waals surface area contributed by atoms with Crippen LogP contribution in [-0.2, 0) is 0 Å². The molecule has 1 spiro atoms. The fraction of sp³-hybridized carbons (Fsp3) is 0.667. The molecule has 1 saturated heterocycles. The maximum atomic E-state index is 14.2. The van der Waals surface area contributed by atoms with E-state index in [0.717, 1.165) is 18.7 Å². The molecule has 1 N–H and O–H groups in total. The third kappa shape index (κ3) is 2.50. The Morgan fingerprint density at radius 2 is 1.75 bits per heavy atom. The van der Waals surface area contributed by atoms with Crippen LogP contribution in [0.2, 0.25) is 0 Å². The number of hydrogen-bond donors (Lipinski definition) is 1. The summed E-state index contributed by atoms with van der Waals surface area (Å²) < 4.78 is 14.2. The second-order valence-corrected chi connectivity index (χ2v) is 7.55. The van der Waals surface area contributed by atoms with Gasteiger partial charge >= 0.3 is 0 Å². The lowest BCUT2D eigenvalue weighted by Gasteiger charge is -2.51. The SMILES string of the molecule is CC1(C)CCC2(CCNCC2c2ccccc2F)CC1. The Morgan fingerprint density at radius 1 is 1.05 bits per heavy atom. The molecule has 0 radical (unpaired) electrons. The summed E-state index contributed by atoms with van der Waals surface area (Å²) >= 11 is 0. The van der Waals surface area contributed by atoms with Crippen molar-refractivity contribution in [1.82, 2.24) is 5.32 Å². The van der Waals surface area contributed by atoms with Crippen LogP contribution in [0.3, 0.4) is 0 Å². The summed E-state index contributed by atoms with van der Waals surface area (Å²) in [5.74, 6) is 0.318. The van der Waals surface area contributed by atoms with Crippen LogP contribution in [0.4, 0.5) is 4.39 Å². The summed E-state index contributed by atoms with van der Waals surface area (Å²) in [6, 6.07) is 7.39. The van der Waals surface area contributed by atoms with Crippen molar-refractivity contribution in [3.63, 3.8) is 0 Å². The van der Waals surface area contributed by atoms with Crippen LogP contribution in [0, 0.1) is 16.6 Å². The second kappa shape index (κ2) is 5.14. The maximum absolute atomic E-state index is 14.2. The van der Waals surface area contributed by atoms with Crippen molar-refractivity contribution in [2.45, 2.75) is 51.9 Å². The van der Waals surface area contributed by atoms with Crippen molar-refractivity contribution in [3.8, 4) is 0 Å². The molecule has 3 rings (SSSR count). The van der Waals surface area contributed by atoms with Gasteiger partial charge in [0.1, 0.15) is 5.82 Å². The third-order valence-corrected chi connectivity index (χ3v) is 5.77. The first-order chi connectivity index (χ1) is 9.53. The van der Waals surface area contributed by atoms with Gasteiger partial charge in [-0.1, -0.05) is 32.0 Å². The van der Waals surface area contributed by atoms with Gasteiger partial charge < -0.3 is 5.32 Å². The van der Waals surface area contributed by atoms with E-state index in [2.05, 4.69) is 19.2 Å². The maximum Gasteiger partial charge on any atom is 0.126 e. The molecular formula is C18H26FN. The van der Waals surface area contributed by atoms with Gasteiger partial charge in [-0.25, -0.2) is 4.39 Å². The summed E-state index contributed by atoms with van der Waals surface area (Å²) in [6.07, 6.45) is 6.25. The van der Waals surface area contributed by atoms with E-state index in [4.69, 9.17) is 0 Å². The van der Waals surface area contributed by atoms with Crippen molar-refractivity contribution in [2.75, 3.05) is 13.1 Å². The zero-order valence-electron chi connectivity index (χ0n) is 12.7. The van der Waals surface area contributed by atoms with Crippen LogP contribution < -0.4 is 5.32 Å². The molecule has 1 aromatic carbocycles. The molecule has 0 bridgehead atoms. The third-order valence-electron chi connectivity index (χ3n) is 5.77. The van der Waals surface area contributed by atoms with Gasteiger partial charge in [0.25, 0.3) is 0 Å². The molecule has 1 nitrogen and oxygen atoms in total. The Bertz CT molecular complexity index is 470. The van der Waals surface area contributed by atoms with E-state index < -0.39 is 0 Å². The van der Waals surface area contributed by atoms with Crippen molar-refractivity contribution in [2.24, 2.45) is 10.8 Å². The fourth-order valence-corrected chi connectivity index (χ4v) is 4.20. The van der Waals surface area contributed by atoms with Gasteiger partial charge in [0.2, 0.25) is 0 Å². The second-order valence-electron chi connectivity index (χ2n) is 7.55. The largest absolute Gasteiger partial charge is 0.316 e. The molecule has 1 aliphatic heterocycles. The molecule has 1 aromatic rings. The quantitative estimate of drug-likeness (QED) is 0.796. The zero-order chi connectivity index (χ0) is 14.2. The van der Waals surface area contributed by atoms with Crippen LogP contribution in [0.15, 0.2) is 24.3 Å². The van der Waals surface area contributed by atoms with Crippen LogP contribution in [-0.4, -0.2) is 13.1 Å². The highest BCUT2D eigenvalue weighted by Gasteiger charge is 2.46. The number of halogens is 1. The molecule has 1 atom stereocenters. The zero-order valence-corrected chi connectivity index (χ0v) is 12.7. The minimum atomic E-state index is -0.0228. The molecule has 0 aromatic heterocycles. The van der Waals surface area contributed by atoms with E-state index in [1.807, 2.05) is 12.1 Å². The highest BCUT2D eigenvalue weighted by atomic mass is 19.1. The average molecular weight is 275 g/mol. The normalized spacial score (nSPS) is 28.4. The Labute approximate surface area is 122 Å². The van der Waals surface area contributed by atoms with Crippen LogP contribution >= 0.6 is 0 Å². The number of rotatable bonds is 1. The van der Waals surface area contributed by atoms with Crippen molar-refractivity contribution in [3.05, 3.63) is 35.6 Å². The number of piperidine rings is 1. The van der Waals surface area contributed by atoms with Gasteiger partial charge in [-0.15, -0.1) is 0 Å². The predicted molar refractivity (Wildman–Crippen MR) is 81.3 cm³/mol. The van der Waals surface area contributed by atoms with Gasteiger partial charge in [0, 0.05) is 12.5 Å². The van der Waals surface area contributed by atoms with Gasteiger partial charge in [-0.3, -0.25) is 0 Å². The Kier molecular flexibility index (Phi) is 3.62. The van der Waals surface area contributed by atoms with Gasteiger partial charge in [-0.2, -0.15) is 0 Å². The first-order valence-corrected chi connectivity index (χ1v) is 7.98. The number of nitrogens with one attached hydrogen (secondary N) is 1. The van der Waals surface area contributed by atoms with E-state index >= 15 is 0 Å². The summed E-state index contributed by atoms with van der Waals surface area (Å²) in [5.41, 5.74) is 1.72. The smallest absolute Gasteiger partial charge is 0.126 e. The predicted octanol–water partition coefficient (Wildman–Crippen LogP) is 4.49. The first-order valence-electron chi connectivity index (χ1n) is 7.98. The number of hydrogen-bond acceptors (Lipinski definition) is 1. The van der Waals surface area contributed by atoms with Crippen molar-refractivity contribution >= 4 is 0 Å². The molecule has 2 fully saturated rings. The van der Waals surface area contributed by atoms with E-state index in [1.165, 1.54) is 32.1 Å². The lowest BCUT2D eigenvalue weighted by atomic mass is 9.56. The lowest BCUT2D eigenvalue weighted by Crippen LogP contribution is -2.46. The Morgan fingerprint density at radius 3 is 2.45 bits per heavy atom. The summed E-state index contributed by atoms with van der Waals surface area (Å²) in [4.78, 5) is 0. The molecule has 1 heterocycles. The Balaban J connectivity index is 1.90. The lowest BCUT2D eigenvalue weighted by molar-refractivity contribution is 0.0487. The molecule has 1 unspecified atom stereocenters. The van der Waals surface area contributed by atoms with Gasteiger partial charge in [0.05, 0.1) is 0 Å². The topological polar surface area (TPSA) is 12.0 Å². The summed E-state index contributed by atoms with van der Waals surface area (Å²) in [5, 5.41) is 3.49. The monoisotopic (exact) mass is 275 g/mol. The Hall–Kier alpha value is -0.890. The highest BCUT2D eigenvalue weighted by molar-refractivity contribution is 5.26. The van der Waals surface area contributed by atoms with E-state index in [0.29, 0.717) is 16.7 Å². The van der Waals surface area contributed by atoms with Crippen LogP contribution in [0.5, 0.6) is 0 Å². The molecule has 1 aliphatic carbocycles. The van der Waals surface area contributed by atoms with E-state index in [-0.39, 0.29) is 5.82 Å². The molecular weight excluding hydrogens is 249 g/mol. The molecule has 0 amide bonds. The van der Waals surface area contributed by atoms with Gasteiger partial charge in [-0.05, 0) is 61.1 Å². The molecule has 2 heteroatoms. The summed E-state index contributed by atoms with van der Waals surface area (Å²) in [7, 11) is 0. The van der Waals surface area contributed by atoms with Crippen molar-refractivity contribution in [1.29, 1.82) is 0 Å². The molecule has 2 aliphatic rings. The van der Waals surface area contributed by atoms with Gasteiger partial charge in [0.15, 0.2) is 0 Å². The summed E-state index contributed by atoms with van der Waals surface area (Å²) in [6.45, 7) is 6.77. The van der Waals surface area contributed by atoms with Crippen LogP contribution in [0.25, 0.3) is 0 Å². The average Bonchev–Trinajstić information content (AvgIpc) is 2.44. The molecule has 20 heavy (non-hydrogen) atoms. The molecule has 110 valence electrons. The standard InChI is InChI=1S/C18H26FN/c1-17(2)7-9-18(10-8-17)11-12-20-13-15(18)14-5-3-4-6-16(14)19/h3-6,15,20H,7-13H2,1-2H3. The minimum absolute atomic E-state index is 0.0228. The van der Waals surface area contributed by atoms with Crippen molar-refractivity contribution < 1.29 is 4.39 Å². The number of benzene rings is 1. The fourth-order valence-electron chi connectivity index (χ4n) is 4.20. The van der Waals surface area contributed by atoms with Crippen LogP contribution in [0.1, 0.15) is 57.4 Å². The first kappa shape index (κ1) is 14.1. The van der Waals surface area contributed by atoms with E-state index in [1.54, 1.807) is 12.1 Å². The molecule has 1 saturated carbocycles. The highest BCUT2D eigenvalue weighted by Crippen LogP contribution is 2.55.